The molecular weight excluding hydrogens is 200 g/mol. The van der Waals surface area contributed by atoms with E-state index >= 15 is 0 Å². The second-order valence-electron chi connectivity index (χ2n) is 5.87. The van der Waals surface area contributed by atoms with E-state index in [0.29, 0.717) is 18.4 Å². The van der Waals surface area contributed by atoms with Crippen LogP contribution in [0.4, 0.5) is 0 Å². The Hall–Kier alpha value is -0.570. The highest BCUT2D eigenvalue weighted by molar-refractivity contribution is 5.78. The maximum atomic E-state index is 12.2. The molecular formula is C13H24N2O. The van der Waals surface area contributed by atoms with Crippen molar-refractivity contribution in [2.75, 3.05) is 13.1 Å². The standard InChI is InChI=1S/C13H24N2O/c1-13(2)10-12(16)15(9-8-14-13)11-6-4-3-5-7-11/h11,14H,3-10H2,1-2H3. The quantitative estimate of drug-likeness (QED) is 0.738. The Morgan fingerprint density at radius 1 is 1.25 bits per heavy atom. The lowest BCUT2D eigenvalue weighted by Crippen LogP contribution is -2.42. The van der Waals surface area contributed by atoms with Gasteiger partial charge in [-0.15, -0.1) is 0 Å². The first-order valence-corrected chi connectivity index (χ1v) is 6.63. The van der Waals surface area contributed by atoms with Crippen LogP contribution in [0.25, 0.3) is 0 Å². The van der Waals surface area contributed by atoms with Crippen LogP contribution < -0.4 is 5.32 Å². The van der Waals surface area contributed by atoms with Gasteiger partial charge in [-0.1, -0.05) is 19.3 Å². The molecule has 2 fully saturated rings. The number of nitrogens with one attached hydrogen (secondary N) is 1. The van der Waals surface area contributed by atoms with E-state index in [4.69, 9.17) is 0 Å². The van der Waals surface area contributed by atoms with Crippen LogP contribution in [0, 0.1) is 0 Å². The molecule has 0 aromatic carbocycles. The monoisotopic (exact) mass is 224 g/mol. The van der Waals surface area contributed by atoms with Gasteiger partial charge in [0.25, 0.3) is 0 Å². The average Bonchev–Trinajstić information content (AvgIpc) is 2.37. The number of hydrogen-bond donors (Lipinski definition) is 1. The number of carbonyl (C=O) groups is 1. The first-order valence-electron chi connectivity index (χ1n) is 6.63. The van der Waals surface area contributed by atoms with Crippen molar-refractivity contribution in [2.24, 2.45) is 0 Å². The maximum Gasteiger partial charge on any atom is 0.224 e. The average molecular weight is 224 g/mol. The Bertz CT molecular complexity index is 257. The molecule has 1 N–H and O–H groups in total. The zero-order chi connectivity index (χ0) is 11.6. The zero-order valence-corrected chi connectivity index (χ0v) is 10.6. The van der Waals surface area contributed by atoms with Crippen LogP contribution in [-0.4, -0.2) is 35.5 Å². The van der Waals surface area contributed by atoms with Crippen molar-refractivity contribution < 1.29 is 4.79 Å². The van der Waals surface area contributed by atoms with Gasteiger partial charge in [-0.2, -0.15) is 0 Å². The molecule has 3 nitrogen and oxygen atoms in total. The van der Waals surface area contributed by atoms with E-state index in [1.807, 2.05) is 0 Å². The van der Waals surface area contributed by atoms with Crippen LogP contribution in [-0.2, 0) is 4.79 Å². The topological polar surface area (TPSA) is 32.3 Å². The fraction of sp³-hybridized carbons (Fsp3) is 0.923. The van der Waals surface area contributed by atoms with Crippen molar-refractivity contribution in [1.29, 1.82) is 0 Å². The van der Waals surface area contributed by atoms with E-state index in [1.54, 1.807) is 0 Å². The Morgan fingerprint density at radius 3 is 2.62 bits per heavy atom. The van der Waals surface area contributed by atoms with Crippen LogP contribution in [0.15, 0.2) is 0 Å². The summed E-state index contributed by atoms with van der Waals surface area (Å²) < 4.78 is 0. The lowest BCUT2D eigenvalue weighted by molar-refractivity contribution is -0.134. The molecule has 0 spiro atoms. The molecule has 2 rings (SSSR count). The summed E-state index contributed by atoms with van der Waals surface area (Å²) in [6.07, 6.45) is 7.01. The predicted molar refractivity (Wildman–Crippen MR) is 65.3 cm³/mol. The Morgan fingerprint density at radius 2 is 1.94 bits per heavy atom. The lowest BCUT2D eigenvalue weighted by atomic mass is 9.93. The van der Waals surface area contributed by atoms with Crippen molar-refractivity contribution in [3.05, 3.63) is 0 Å². The van der Waals surface area contributed by atoms with Crippen molar-refractivity contribution in [2.45, 2.75) is 64.0 Å². The molecule has 1 saturated carbocycles. The summed E-state index contributed by atoms with van der Waals surface area (Å²) in [7, 11) is 0. The third-order valence-corrected chi connectivity index (χ3v) is 3.89. The van der Waals surface area contributed by atoms with Crippen molar-refractivity contribution in [1.82, 2.24) is 10.2 Å². The molecule has 2 aliphatic rings. The Balaban J connectivity index is 2.01. The first kappa shape index (κ1) is 11.9. The van der Waals surface area contributed by atoms with Gasteiger partial charge < -0.3 is 10.2 Å². The van der Waals surface area contributed by atoms with E-state index in [1.165, 1.54) is 32.1 Å². The molecule has 0 aromatic rings. The molecule has 1 aliphatic heterocycles. The summed E-state index contributed by atoms with van der Waals surface area (Å²) in [4.78, 5) is 14.4. The van der Waals surface area contributed by atoms with E-state index in [0.717, 1.165) is 13.1 Å². The summed E-state index contributed by atoms with van der Waals surface area (Å²) in [6.45, 7) is 6.08. The zero-order valence-electron chi connectivity index (χ0n) is 10.6. The molecule has 0 aromatic heterocycles. The van der Waals surface area contributed by atoms with Gasteiger partial charge in [0.05, 0.1) is 0 Å². The number of carbonyl (C=O) groups excluding carboxylic acids is 1. The van der Waals surface area contributed by atoms with Gasteiger partial charge in [0.1, 0.15) is 0 Å². The highest BCUT2D eigenvalue weighted by Gasteiger charge is 2.32. The summed E-state index contributed by atoms with van der Waals surface area (Å²) in [5.41, 5.74) is -0.0273. The van der Waals surface area contributed by atoms with Crippen LogP contribution in [0.3, 0.4) is 0 Å². The molecule has 16 heavy (non-hydrogen) atoms. The summed E-state index contributed by atoms with van der Waals surface area (Å²) in [5.74, 6) is 0.349. The molecule has 3 heteroatoms. The molecule has 1 heterocycles. The molecule has 0 atom stereocenters. The number of rotatable bonds is 1. The van der Waals surface area contributed by atoms with E-state index < -0.39 is 0 Å². The van der Waals surface area contributed by atoms with Crippen LogP contribution in [0.1, 0.15) is 52.4 Å². The molecule has 0 unspecified atom stereocenters. The SMILES string of the molecule is CC1(C)CC(=O)N(C2CCCCC2)CCN1. The van der Waals surface area contributed by atoms with Gasteiger partial charge in [0.2, 0.25) is 5.91 Å². The largest absolute Gasteiger partial charge is 0.338 e. The Labute approximate surface area is 98.6 Å². The Kier molecular flexibility index (Phi) is 3.53. The van der Waals surface area contributed by atoms with Gasteiger partial charge in [-0.25, -0.2) is 0 Å². The minimum atomic E-state index is -0.0273. The summed E-state index contributed by atoms with van der Waals surface area (Å²) >= 11 is 0. The number of nitrogens with zero attached hydrogens (tertiary/aromatic N) is 1. The van der Waals surface area contributed by atoms with Crippen LogP contribution in [0.2, 0.25) is 0 Å². The second-order valence-corrected chi connectivity index (χ2v) is 5.87. The molecule has 0 bridgehead atoms. The summed E-state index contributed by atoms with van der Waals surface area (Å²) in [5, 5.41) is 3.46. The first-order chi connectivity index (χ1) is 7.58. The summed E-state index contributed by atoms with van der Waals surface area (Å²) in [6, 6.07) is 0.525. The van der Waals surface area contributed by atoms with Gasteiger partial charge in [-0.3, -0.25) is 4.79 Å². The fourth-order valence-corrected chi connectivity index (χ4v) is 2.96. The predicted octanol–water partition coefficient (Wildman–Crippen LogP) is 1.92. The highest BCUT2D eigenvalue weighted by atomic mass is 16.2. The fourth-order valence-electron chi connectivity index (χ4n) is 2.96. The minimum Gasteiger partial charge on any atom is -0.338 e. The van der Waals surface area contributed by atoms with Crippen LogP contribution in [0.5, 0.6) is 0 Å². The maximum absolute atomic E-state index is 12.2. The van der Waals surface area contributed by atoms with Crippen molar-refractivity contribution in [3.63, 3.8) is 0 Å². The van der Waals surface area contributed by atoms with E-state index in [2.05, 4.69) is 24.1 Å². The number of hydrogen-bond acceptors (Lipinski definition) is 2. The van der Waals surface area contributed by atoms with E-state index in [-0.39, 0.29) is 5.54 Å². The molecule has 1 aliphatic carbocycles. The number of amides is 1. The van der Waals surface area contributed by atoms with Gasteiger partial charge >= 0.3 is 0 Å². The van der Waals surface area contributed by atoms with Crippen LogP contribution >= 0.6 is 0 Å². The van der Waals surface area contributed by atoms with Crippen molar-refractivity contribution in [3.8, 4) is 0 Å². The highest BCUT2D eigenvalue weighted by Crippen LogP contribution is 2.25. The van der Waals surface area contributed by atoms with Gasteiger partial charge in [0, 0.05) is 31.1 Å². The third-order valence-electron chi connectivity index (χ3n) is 3.89. The molecule has 0 radical (unpaired) electrons. The van der Waals surface area contributed by atoms with Crippen molar-refractivity contribution >= 4 is 5.91 Å². The smallest absolute Gasteiger partial charge is 0.224 e. The second kappa shape index (κ2) is 4.74. The van der Waals surface area contributed by atoms with Gasteiger partial charge in [0.15, 0.2) is 0 Å². The van der Waals surface area contributed by atoms with E-state index in [9.17, 15) is 4.79 Å². The van der Waals surface area contributed by atoms with Gasteiger partial charge in [-0.05, 0) is 26.7 Å². The molecule has 1 amide bonds. The molecule has 1 saturated heterocycles. The lowest BCUT2D eigenvalue weighted by Gasteiger charge is -2.33. The minimum absolute atomic E-state index is 0.0273. The third kappa shape index (κ3) is 2.76. The molecule has 92 valence electrons. The normalized spacial score (nSPS) is 27.9.